The second kappa shape index (κ2) is 7.70. The number of benzene rings is 2. The van der Waals surface area contributed by atoms with E-state index in [4.69, 9.17) is 4.74 Å². The van der Waals surface area contributed by atoms with Gasteiger partial charge < -0.3 is 15.0 Å². The molecule has 1 aliphatic rings. The third kappa shape index (κ3) is 4.02. The van der Waals surface area contributed by atoms with Crippen molar-refractivity contribution >= 4 is 39.1 Å². The van der Waals surface area contributed by atoms with Crippen LogP contribution in [-0.2, 0) is 4.79 Å². The number of amides is 2. The lowest BCUT2D eigenvalue weighted by Gasteiger charge is -2.26. The van der Waals surface area contributed by atoms with E-state index in [1.807, 2.05) is 24.3 Å². The molecule has 1 aliphatic heterocycles. The van der Waals surface area contributed by atoms with Gasteiger partial charge in [-0.05, 0) is 71.2 Å². The summed E-state index contributed by atoms with van der Waals surface area (Å²) in [6.07, 6.45) is 2.58. The zero-order valence-electron chi connectivity index (χ0n) is 13.9. The van der Waals surface area contributed by atoms with Gasteiger partial charge >= 0.3 is 0 Å². The predicted molar refractivity (Wildman–Crippen MR) is 101 cm³/mol. The third-order valence-electron chi connectivity index (χ3n) is 4.18. The average molecular weight is 403 g/mol. The highest BCUT2D eigenvalue weighted by Crippen LogP contribution is 2.25. The van der Waals surface area contributed by atoms with Crippen LogP contribution in [0.25, 0.3) is 0 Å². The van der Waals surface area contributed by atoms with E-state index in [9.17, 15) is 9.59 Å². The van der Waals surface area contributed by atoms with Crippen LogP contribution in [0, 0.1) is 0 Å². The summed E-state index contributed by atoms with van der Waals surface area (Å²) in [6.45, 7) is 0.751. The standard InChI is InChI=1S/C19H19BrN2O3/c1-25-15-9-10-17(20)16(12-15)19(24)21-13-5-7-14(8-6-13)22-11-3-2-4-18(22)23/h5-10,12H,2-4,11H2,1H3,(H,21,24). The fraction of sp³-hybridized carbons (Fsp3) is 0.263. The van der Waals surface area contributed by atoms with Gasteiger partial charge in [0.25, 0.3) is 5.91 Å². The van der Waals surface area contributed by atoms with Crippen molar-refractivity contribution in [2.45, 2.75) is 19.3 Å². The Kier molecular flexibility index (Phi) is 5.38. The van der Waals surface area contributed by atoms with Gasteiger partial charge in [-0.1, -0.05) is 0 Å². The molecule has 25 heavy (non-hydrogen) atoms. The summed E-state index contributed by atoms with van der Waals surface area (Å²) in [7, 11) is 1.56. The van der Waals surface area contributed by atoms with E-state index >= 15 is 0 Å². The zero-order chi connectivity index (χ0) is 17.8. The molecular weight excluding hydrogens is 384 g/mol. The molecule has 0 atom stereocenters. The normalized spacial score (nSPS) is 14.3. The molecule has 3 rings (SSSR count). The molecule has 0 aromatic heterocycles. The number of methoxy groups -OCH3 is 1. The lowest BCUT2D eigenvalue weighted by atomic mass is 10.1. The van der Waals surface area contributed by atoms with Crippen molar-refractivity contribution in [3.05, 3.63) is 52.5 Å². The van der Waals surface area contributed by atoms with E-state index in [2.05, 4.69) is 21.2 Å². The molecule has 2 aromatic carbocycles. The Bertz CT molecular complexity index is 790. The van der Waals surface area contributed by atoms with E-state index in [1.54, 1.807) is 30.2 Å². The van der Waals surface area contributed by atoms with Crippen LogP contribution in [-0.4, -0.2) is 25.5 Å². The Morgan fingerprint density at radius 2 is 1.92 bits per heavy atom. The minimum Gasteiger partial charge on any atom is -0.497 e. The van der Waals surface area contributed by atoms with Crippen LogP contribution in [0.15, 0.2) is 46.9 Å². The largest absolute Gasteiger partial charge is 0.497 e. The van der Waals surface area contributed by atoms with Crippen molar-refractivity contribution in [3.8, 4) is 5.75 Å². The van der Waals surface area contributed by atoms with Crippen LogP contribution in [0.3, 0.4) is 0 Å². The molecule has 0 radical (unpaired) electrons. The number of nitrogens with one attached hydrogen (secondary N) is 1. The molecule has 1 fully saturated rings. The summed E-state index contributed by atoms with van der Waals surface area (Å²) in [6, 6.07) is 12.6. The summed E-state index contributed by atoms with van der Waals surface area (Å²) in [4.78, 5) is 26.3. The Hall–Kier alpha value is -2.34. The maximum Gasteiger partial charge on any atom is 0.256 e. The van der Waals surface area contributed by atoms with Gasteiger partial charge in [-0.2, -0.15) is 0 Å². The molecule has 6 heteroatoms. The molecule has 1 saturated heterocycles. The molecule has 0 saturated carbocycles. The second-order valence-electron chi connectivity index (χ2n) is 5.85. The van der Waals surface area contributed by atoms with Gasteiger partial charge in [0.2, 0.25) is 5.91 Å². The molecule has 1 N–H and O–H groups in total. The summed E-state index contributed by atoms with van der Waals surface area (Å²) in [5.74, 6) is 0.545. The Balaban J connectivity index is 1.73. The number of piperidine rings is 1. The first-order valence-electron chi connectivity index (χ1n) is 8.14. The molecule has 0 unspecified atom stereocenters. The van der Waals surface area contributed by atoms with Crippen molar-refractivity contribution < 1.29 is 14.3 Å². The highest BCUT2D eigenvalue weighted by Gasteiger charge is 2.19. The van der Waals surface area contributed by atoms with Gasteiger partial charge in [0.05, 0.1) is 12.7 Å². The van der Waals surface area contributed by atoms with Crippen LogP contribution in [0.2, 0.25) is 0 Å². The predicted octanol–water partition coefficient (Wildman–Crippen LogP) is 4.23. The lowest BCUT2D eigenvalue weighted by molar-refractivity contribution is -0.119. The van der Waals surface area contributed by atoms with Crippen LogP contribution >= 0.6 is 15.9 Å². The number of hydrogen-bond acceptors (Lipinski definition) is 3. The highest BCUT2D eigenvalue weighted by atomic mass is 79.9. The number of hydrogen-bond donors (Lipinski definition) is 1. The molecule has 0 aliphatic carbocycles. The van der Waals surface area contributed by atoms with Crippen LogP contribution < -0.4 is 15.0 Å². The number of nitrogens with zero attached hydrogens (tertiary/aromatic N) is 1. The maximum atomic E-state index is 12.5. The average Bonchev–Trinajstić information content (AvgIpc) is 2.63. The molecule has 0 bridgehead atoms. The van der Waals surface area contributed by atoms with Crippen molar-refractivity contribution in [3.63, 3.8) is 0 Å². The van der Waals surface area contributed by atoms with Gasteiger partial charge in [-0.25, -0.2) is 0 Å². The summed E-state index contributed by atoms with van der Waals surface area (Å²) >= 11 is 3.38. The quantitative estimate of drug-likeness (QED) is 0.832. The minimum atomic E-state index is -0.229. The molecule has 2 aromatic rings. The number of ether oxygens (including phenoxy) is 1. The first kappa shape index (κ1) is 17.5. The number of halogens is 1. The number of carbonyl (C=O) groups excluding carboxylic acids is 2. The van der Waals surface area contributed by atoms with E-state index in [-0.39, 0.29) is 11.8 Å². The highest BCUT2D eigenvalue weighted by molar-refractivity contribution is 9.10. The van der Waals surface area contributed by atoms with E-state index in [0.717, 1.165) is 25.1 Å². The summed E-state index contributed by atoms with van der Waals surface area (Å²) < 4.78 is 5.86. The number of anilines is 2. The van der Waals surface area contributed by atoms with Crippen LogP contribution in [0.4, 0.5) is 11.4 Å². The van der Waals surface area contributed by atoms with Gasteiger partial charge in [0.15, 0.2) is 0 Å². The van der Waals surface area contributed by atoms with E-state index in [1.165, 1.54) is 0 Å². The van der Waals surface area contributed by atoms with E-state index < -0.39 is 0 Å². The second-order valence-corrected chi connectivity index (χ2v) is 6.70. The van der Waals surface area contributed by atoms with Crippen molar-refractivity contribution in [2.75, 3.05) is 23.9 Å². The molecule has 5 nitrogen and oxygen atoms in total. The summed E-state index contributed by atoms with van der Waals surface area (Å²) in [5, 5.41) is 2.86. The summed E-state index contributed by atoms with van der Waals surface area (Å²) in [5.41, 5.74) is 2.04. The monoisotopic (exact) mass is 402 g/mol. The fourth-order valence-corrected chi connectivity index (χ4v) is 3.23. The van der Waals surface area contributed by atoms with Crippen LogP contribution in [0.5, 0.6) is 5.75 Å². The number of carbonyl (C=O) groups is 2. The Morgan fingerprint density at radius 1 is 1.16 bits per heavy atom. The number of rotatable bonds is 4. The van der Waals surface area contributed by atoms with Crippen molar-refractivity contribution in [1.82, 2.24) is 0 Å². The molecule has 130 valence electrons. The van der Waals surface area contributed by atoms with Gasteiger partial charge in [0, 0.05) is 28.8 Å². The van der Waals surface area contributed by atoms with E-state index in [0.29, 0.717) is 27.9 Å². The van der Waals surface area contributed by atoms with Gasteiger partial charge in [-0.15, -0.1) is 0 Å². The van der Waals surface area contributed by atoms with Crippen molar-refractivity contribution in [2.24, 2.45) is 0 Å². The topological polar surface area (TPSA) is 58.6 Å². The molecule has 1 heterocycles. The first-order chi connectivity index (χ1) is 12.1. The Morgan fingerprint density at radius 3 is 2.60 bits per heavy atom. The minimum absolute atomic E-state index is 0.156. The van der Waals surface area contributed by atoms with Gasteiger partial charge in [0.1, 0.15) is 5.75 Å². The maximum absolute atomic E-state index is 12.5. The first-order valence-corrected chi connectivity index (χ1v) is 8.93. The third-order valence-corrected chi connectivity index (χ3v) is 4.87. The molecule has 2 amide bonds. The lowest BCUT2D eigenvalue weighted by Crippen LogP contribution is -2.35. The zero-order valence-corrected chi connectivity index (χ0v) is 15.5. The Labute approximate surface area is 155 Å². The SMILES string of the molecule is COc1ccc(Br)c(C(=O)Nc2ccc(N3CCCCC3=O)cc2)c1. The smallest absolute Gasteiger partial charge is 0.256 e. The van der Waals surface area contributed by atoms with Crippen LogP contribution in [0.1, 0.15) is 29.6 Å². The molecular formula is C19H19BrN2O3. The van der Waals surface area contributed by atoms with Crippen molar-refractivity contribution in [1.29, 1.82) is 0 Å². The fourth-order valence-electron chi connectivity index (χ4n) is 2.81. The van der Waals surface area contributed by atoms with Gasteiger partial charge in [-0.3, -0.25) is 9.59 Å². The molecule has 0 spiro atoms.